The number of halogens is 4. The Morgan fingerprint density at radius 2 is 1.82 bits per heavy atom. The lowest BCUT2D eigenvalue weighted by molar-refractivity contribution is -0.136. The number of benzene rings is 3. The van der Waals surface area contributed by atoms with Gasteiger partial charge in [-0.15, -0.1) is 0 Å². The highest BCUT2D eigenvalue weighted by molar-refractivity contribution is 9.10. The maximum absolute atomic E-state index is 14.0. The fourth-order valence-electron chi connectivity index (χ4n) is 2.73. The molecule has 2 N–H and O–H groups in total. The van der Waals surface area contributed by atoms with E-state index in [2.05, 4.69) is 31.8 Å². The first-order chi connectivity index (χ1) is 16.3. The highest BCUT2D eigenvalue weighted by Gasteiger charge is 2.16. The average molecular weight is 569 g/mol. The number of carbonyl (C=O) groups is 2. The van der Waals surface area contributed by atoms with Gasteiger partial charge in [-0.1, -0.05) is 41.4 Å². The number of amides is 2. The van der Waals surface area contributed by atoms with Crippen LogP contribution in [0.1, 0.15) is 11.1 Å². The molecule has 176 valence electrons. The first kappa shape index (κ1) is 25.5. The maximum atomic E-state index is 14.0. The molecular formula is C23H17BrCl2FN3O4. The molecule has 0 atom stereocenters. The van der Waals surface area contributed by atoms with E-state index in [1.165, 1.54) is 25.5 Å². The molecule has 0 spiro atoms. The Labute approximate surface area is 213 Å². The van der Waals surface area contributed by atoms with Crippen LogP contribution in [0.15, 0.2) is 64.2 Å². The van der Waals surface area contributed by atoms with E-state index >= 15 is 0 Å². The molecule has 0 radical (unpaired) electrons. The second kappa shape index (κ2) is 11.8. The summed E-state index contributed by atoms with van der Waals surface area (Å²) in [7, 11) is 1.44. The summed E-state index contributed by atoms with van der Waals surface area (Å²) in [6, 6.07) is 14.1. The van der Waals surface area contributed by atoms with Gasteiger partial charge in [-0.2, -0.15) is 5.10 Å². The van der Waals surface area contributed by atoms with E-state index in [-0.39, 0.29) is 17.2 Å². The van der Waals surface area contributed by atoms with Crippen LogP contribution in [0.25, 0.3) is 0 Å². The van der Waals surface area contributed by atoms with Crippen LogP contribution in [-0.4, -0.2) is 25.1 Å². The van der Waals surface area contributed by atoms with E-state index in [1.54, 1.807) is 42.5 Å². The molecule has 0 aliphatic carbocycles. The Morgan fingerprint density at radius 3 is 2.53 bits per heavy atom. The molecule has 0 aliphatic heterocycles. The SMILES string of the molecule is COc1cc(/C=N/NC(=O)C(=O)Nc2ccccc2Cl)cc(Br)c1OCc1c(F)cccc1Cl. The van der Waals surface area contributed by atoms with Gasteiger partial charge in [0, 0.05) is 5.56 Å². The molecule has 0 aromatic heterocycles. The van der Waals surface area contributed by atoms with Gasteiger partial charge < -0.3 is 14.8 Å². The summed E-state index contributed by atoms with van der Waals surface area (Å²) in [5.74, 6) is -1.75. The number of hydrazone groups is 1. The number of methoxy groups -OCH3 is 1. The van der Waals surface area contributed by atoms with Crippen molar-refractivity contribution in [2.45, 2.75) is 6.61 Å². The second-order valence-electron chi connectivity index (χ2n) is 6.66. The van der Waals surface area contributed by atoms with Gasteiger partial charge in [-0.3, -0.25) is 9.59 Å². The first-order valence-electron chi connectivity index (χ1n) is 9.62. The molecule has 7 nitrogen and oxygen atoms in total. The molecule has 0 bridgehead atoms. The lowest BCUT2D eigenvalue weighted by Crippen LogP contribution is -2.32. The number of anilines is 1. The standard InChI is InChI=1S/C23H17BrCl2FN3O4/c1-33-20-10-13(9-15(24)21(20)34-12-14-16(25)6-4-7-18(14)27)11-28-30-23(32)22(31)29-19-8-3-2-5-17(19)26/h2-11H,12H2,1H3,(H,29,31)(H,30,32)/b28-11+. The van der Waals surface area contributed by atoms with Gasteiger partial charge in [0.05, 0.1) is 33.5 Å². The van der Waals surface area contributed by atoms with Crippen molar-refractivity contribution in [3.05, 3.63) is 86.1 Å². The van der Waals surface area contributed by atoms with Crippen LogP contribution in [0.4, 0.5) is 10.1 Å². The van der Waals surface area contributed by atoms with Gasteiger partial charge in [0.25, 0.3) is 0 Å². The van der Waals surface area contributed by atoms with Gasteiger partial charge in [0.1, 0.15) is 12.4 Å². The molecule has 0 saturated heterocycles. The van der Waals surface area contributed by atoms with E-state index in [0.29, 0.717) is 32.2 Å². The van der Waals surface area contributed by atoms with Crippen molar-refractivity contribution in [1.82, 2.24) is 5.43 Å². The number of nitrogens with zero attached hydrogens (tertiary/aromatic N) is 1. The minimum atomic E-state index is -0.982. The Morgan fingerprint density at radius 1 is 1.09 bits per heavy atom. The predicted molar refractivity (Wildman–Crippen MR) is 132 cm³/mol. The molecule has 34 heavy (non-hydrogen) atoms. The summed E-state index contributed by atoms with van der Waals surface area (Å²) in [5, 5.41) is 6.72. The minimum absolute atomic E-state index is 0.121. The molecule has 0 unspecified atom stereocenters. The van der Waals surface area contributed by atoms with E-state index in [1.807, 2.05) is 0 Å². The summed E-state index contributed by atoms with van der Waals surface area (Å²) < 4.78 is 25.6. The summed E-state index contributed by atoms with van der Waals surface area (Å²) in [4.78, 5) is 24.0. The Hall–Kier alpha value is -3.14. The number of rotatable bonds is 7. The molecule has 0 fully saturated rings. The van der Waals surface area contributed by atoms with Crippen LogP contribution in [-0.2, 0) is 16.2 Å². The van der Waals surface area contributed by atoms with Gasteiger partial charge >= 0.3 is 11.8 Å². The van der Waals surface area contributed by atoms with Gasteiger partial charge in [0.15, 0.2) is 11.5 Å². The number of nitrogens with one attached hydrogen (secondary N) is 2. The zero-order chi connectivity index (χ0) is 24.7. The number of ether oxygens (including phenoxy) is 2. The van der Waals surface area contributed by atoms with Gasteiger partial charge in [-0.25, -0.2) is 9.82 Å². The predicted octanol–water partition coefficient (Wildman–Crippen LogP) is 5.57. The molecule has 11 heteroatoms. The largest absolute Gasteiger partial charge is 0.493 e. The maximum Gasteiger partial charge on any atom is 0.329 e. The van der Waals surface area contributed by atoms with E-state index in [9.17, 15) is 14.0 Å². The number of hydrogen-bond acceptors (Lipinski definition) is 5. The molecule has 0 heterocycles. The van der Waals surface area contributed by atoms with Crippen molar-refractivity contribution in [2.24, 2.45) is 5.10 Å². The third-order valence-electron chi connectivity index (χ3n) is 4.38. The highest BCUT2D eigenvalue weighted by Crippen LogP contribution is 2.37. The zero-order valence-electron chi connectivity index (χ0n) is 17.6. The van der Waals surface area contributed by atoms with Crippen LogP contribution in [0.3, 0.4) is 0 Å². The minimum Gasteiger partial charge on any atom is -0.493 e. The van der Waals surface area contributed by atoms with Crippen LogP contribution in [0.2, 0.25) is 10.0 Å². The summed E-state index contributed by atoms with van der Waals surface area (Å²) in [6.45, 7) is -0.121. The summed E-state index contributed by atoms with van der Waals surface area (Å²) in [6.07, 6.45) is 1.31. The number of para-hydroxylation sites is 1. The zero-order valence-corrected chi connectivity index (χ0v) is 20.7. The van der Waals surface area contributed by atoms with Crippen molar-refractivity contribution >= 4 is 62.8 Å². The van der Waals surface area contributed by atoms with Gasteiger partial charge in [-0.05, 0) is 57.9 Å². The van der Waals surface area contributed by atoms with Crippen LogP contribution in [0, 0.1) is 5.82 Å². The Bertz CT molecular complexity index is 1240. The molecule has 0 aliphatic rings. The first-order valence-corrected chi connectivity index (χ1v) is 11.2. The molecule has 3 rings (SSSR count). The number of carbonyl (C=O) groups excluding carboxylic acids is 2. The van der Waals surface area contributed by atoms with Gasteiger partial charge in [0.2, 0.25) is 0 Å². The molecule has 3 aromatic rings. The van der Waals surface area contributed by atoms with Crippen molar-refractivity contribution < 1.29 is 23.5 Å². The Kier molecular flexibility index (Phi) is 8.86. The third-order valence-corrected chi connectivity index (χ3v) is 5.66. The topological polar surface area (TPSA) is 89.0 Å². The lowest BCUT2D eigenvalue weighted by Gasteiger charge is -2.14. The van der Waals surface area contributed by atoms with E-state index < -0.39 is 17.6 Å². The highest BCUT2D eigenvalue weighted by atomic mass is 79.9. The van der Waals surface area contributed by atoms with Crippen LogP contribution < -0.4 is 20.2 Å². The molecular weight excluding hydrogens is 552 g/mol. The van der Waals surface area contributed by atoms with Crippen LogP contribution in [0.5, 0.6) is 11.5 Å². The van der Waals surface area contributed by atoms with Crippen molar-refractivity contribution in [3.63, 3.8) is 0 Å². The summed E-state index contributed by atoms with van der Waals surface area (Å²) in [5.41, 5.74) is 3.16. The fraction of sp³-hybridized carbons (Fsp3) is 0.0870. The molecule has 0 saturated carbocycles. The average Bonchev–Trinajstić information content (AvgIpc) is 2.80. The lowest BCUT2D eigenvalue weighted by atomic mass is 10.2. The quantitative estimate of drug-likeness (QED) is 0.221. The molecule has 3 aromatic carbocycles. The monoisotopic (exact) mass is 567 g/mol. The number of hydrogen-bond donors (Lipinski definition) is 2. The fourth-order valence-corrected chi connectivity index (χ4v) is 3.70. The normalized spacial score (nSPS) is 10.7. The third kappa shape index (κ3) is 6.47. The Balaban J connectivity index is 1.66. The summed E-state index contributed by atoms with van der Waals surface area (Å²) >= 11 is 15.4. The molecule has 2 amide bonds. The smallest absolute Gasteiger partial charge is 0.329 e. The van der Waals surface area contributed by atoms with Crippen molar-refractivity contribution in [3.8, 4) is 11.5 Å². The van der Waals surface area contributed by atoms with E-state index in [0.717, 1.165) is 0 Å². The van der Waals surface area contributed by atoms with E-state index in [4.69, 9.17) is 32.7 Å². The van der Waals surface area contributed by atoms with Crippen molar-refractivity contribution in [2.75, 3.05) is 12.4 Å². The van der Waals surface area contributed by atoms with Crippen molar-refractivity contribution in [1.29, 1.82) is 0 Å². The van der Waals surface area contributed by atoms with Crippen LogP contribution >= 0.6 is 39.1 Å². The second-order valence-corrected chi connectivity index (χ2v) is 8.32.